The smallest absolute Gasteiger partial charge is 0.235 e. The third-order valence-electron chi connectivity index (χ3n) is 9.80. The molecule has 12 heteroatoms. The molecule has 0 saturated carbocycles. The van der Waals surface area contributed by atoms with Gasteiger partial charge in [0.25, 0.3) is 0 Å². The van der Waals surface area contributed by atoms with Gasteiger partial charge in [-0.25, -0.2) is 9.97 Å². The molecule has 49 heavy (non-hydrogen) atoms. The van der Waals surface area contributed by atoms with Crippen LogP contribution in [0.25, 0.3) is 11.0 Å². The van der Waals surface area contributed by atoms with Crippen LogP contribution in [-0.2, 0) is 9.59 Å². The molecule has 2 aliphatic rings. The molecule has 0 aliphatic carbocycles. The van der Waals surface area contributed by atoms with Crippen molar-refractivity contribution in [1.82, 2.24) is 25.8 Å². The van der Waals surface area contributed by atoms with Crippen LogP contribution in [0.4, 0.5) is 23.0 Å². The zero-order chi connectivity index (χ0) is 34.2. The molecule has 258 valence electrons. The number of rotatable bonds is 16. The highest BCUT2D eigenvalue weighted by atomic mass is 16.5. The van der Waals surface area contributed by atoms with Crippen molar-refractivity contribution in [2.24, 2.45) is 0 Å². The van der Waals surface area contributed by atoms with Gasteiger partial charge in [0.1, 0.15) is 17.2 Å². The van der Waals surface area contributed by atoms with E-state index in [-0.39, 0.29) is 5.91 Å². The molecule has 2 fully saturated rings. The fourth-order valence-corrected chi connectivity index (χ4v) is 6.94. The number of piperidine rings is 1. The number of aldehydes is 1. The highest BCUT2D eigenvalue weighted by molar-refractivity contribution is 5.95. The lowest BCUT2D eigenvalue weighted by molar-refractivity contribution is -0.126. The summed E-state index contributed by atoms with van der Waals surface area (Å²) in [6.07, 6.45) is 9.82. The number of benzene rings is 2. The van der Waals surface area contributed by atoms with Gasteiger partial charge in [-0.2, -0.15) is 0 Å². The molecule has 6 rings (SSSR count). The van der Waals surface area contributed by atoms with Gasteiger partial charge in [-0.3, -0.25) is 19.7 Å². The number of hydrogen-bond acceptors (Lipinski definition) is 11. The molecular formula is C37H46N8O4. The van der Waals surface area contributed by atoms with Gasteiger partial charge < -0.3 is 25.0 Å². The molecule has 2 aliphatic heterocycles. The first-order valence-corrected chi connectivity index (χ1v) is 17.6. The van der Waals surface area contributed by atoms with Crippen molar-refractivity contribution in [2.45, 2.75) is 76.7 Å². The van der Waals surface area contributed by atoms with Crippen molar-refractivity contribution in [3.8, 4) is 0 Å². The zero-order valence-electron chi connectivity index (χ0n) is 28.4. The van der Waals surface area contributed by atoms with E-state index in [2.05, 4.69) is 67.1 Å². The second-order valence-corrected chi connectivity index (χ2v) is 13.0. The SMILES string of the molecule is CCCC(C(=O)NC=O)c1noc2cc(N3CC(NCCC(CC)c4ccc(Nc5nc(N6CCCCC6)cnc5C=O)cc4)C3)ccc12. The number of carbonyl (C=O) groups excluding carboxylic acids is 3. The summed E-state index contributed by atoms with van der Waals surface area (Å²) in [6.45, 7) is 8.86. The van der Waals surface area contributed by atoms with Crippen LogP contribution in [0.5, 0.6) is 0 Å². The molecule has 2 atom stereocenters. The molecule has 2 saturated heterocycles. The molecule has 2 aromatic carbocycles. The zero-order valence-corrected chi connectivity index (χ0v) is 28.4. The molecular weight excluding hydrogens is 620 g/mol. The first-order chi connectivity index (χ1) is 24.0. The molecule has 0 radical (unpaired) electrons. The fraction of sp³-hybridized carbons (Fsp3) is 0.459. The summed E-state index contributed by atoms with van der Waals surface area (Å²) >= 11 is 0. The third-order valence-corrected chi connectivity index (χ3v) is 9.80. The fourth-order valence-electron chi connectivity index (χ4n) is 6.94. The molecule has 3 N–H and O–H groups in total. The van der Waals surface area contributed by atoms with Gasteiger partial charge in [0.15, 0.2) is 17.7 Å². The first-order valence-electron chi connectivity index (χ1n) is 17.6. The van der Waals surface area contributed by atoms with Gasteiger partial charge in [-0.05, 0) is 80.8 Å². The summed E-state index contributed by atoms with van der Waals surface area (Å²) in [6, 6.07) is 14.8. The normalized spacial score (nSPS) is 16.2. The summed E-state index contributed by atoms with van der Waals surface area (Å²) in [5.41, 5.74) is 4.74. The molecule has 0 spiro atoms. The monoisotopic (exact) mass is 666 g/mol. The maximum atomic E-state index is 12.5. The van der Waals surface area contributed by atoms with E-state index in [1.54, 1.807) is 6.20 Å². The number of nitrogens with one attached hydrogen (secondary N) is 3. The number of hydrogen-bond donors (Lipinski definition) is 3. The number of nitrogens with zero attached hydrogens (tertiary/aromatic N) is 5. The Morgan fingerprint density at radius 3 is 2.53 bits per heavy atom. The minimum absolute atomic E-state index is 0.308. The van der Waals surface area contributed by atoms with E-state index >= 15 is 0 Å². The number of amides is 2. The van der Waals surface area contributed by atoms with Gasteiger partial charge in [0.2, 0.25) is 12.3 Å². The molecule has 0 bridgehead atoms. The predicted octanol–water partition coefficient (Wildman–Crippen LogP) is 5.68. The van der Waals surface area contributed by atoms with Crippen molar-refractivity contribution in [2.75, 3.05) is 47.8 Å². The Morgan fingerprint density at radius 2 is 1.82 bits per heavy atom. The number of anilines is 4. The molecule has 2 amide bonds. The lowest BCUT2D eigenvalue weighted by Crippen LogP contribution is -2.58. The average molecular weight is 667 g/mol. The lowest BCUT2D eigenvalue weighted by atomic mass is 9.92. The Kier molecular flexibility index (Phi) is 11.1. The number of fused-ring (bicyclic) bond motifs is 1. The van der Waals surface area contributed by atoms with Crippen LogP contribution in [0.15, 0.2) is 53.2 Å². The van der Waals surface area contributed by atoms with E-state index in [0.717, 1.165) is 93.7 Å². The number of carbonyl (C=O) groups is 3. The van der Waals surface area contributed by atoms with Gasteiger partial charge >= 0.3 is 0 Å². The van der Waals surface area contributed by atoms with Gasteiger partial charge in [0.05, 0.1) is 12.1 Å². The van der Waals surface area contributed by atoms with Crippen LogP contribution in [0.3, 0.4) is 0 Å². The Bertz CT molecular complexity index is 1730. The second-order valence-electron chi connectivity index (χ2n) is 13.0. The third kappa shape index (κ3) is 7.91. The van der Waals surface area contributed by atoms with Crippen molar-refractivity contribution in [1.29, 1.82) is 0 Å². The van der Waals surface area contributed by atoms with Crippen LogP contribution < -0.4 is 25.8 Å². The topological polar surface area (TPSA) is 146 Å². The van der Waals surface area contributed by atoms with Crippen LogP contribution in [0, 0.1) is 0 Å². The quantitative estimate of drug-likeness (QED) is 0.127. The average Bonchev–Trinajstić information content (AvgIpc) is 3.53. The molecule has 4 heterocycles. The van der Waals surface area contributed by atoms with E-state index < -0.39 is 5.92 Å². The Hall–Kier alpha value is -4.84. The standard InChI is InChI=1S/C37H46N8O4/c1-3-8-31(37(48)40-24-47)35-30-14-13-29(19-33(30)49-43-35)45-21-28(22-45)38-16-15-25(4-2)26-9-11-27(12-10-26)41-36-32(23-46)39-20-34(42-36)44-17-6-5-7-18-44/h9-14,19-20,23-25,28,31,38H,3-8,15-18,21-22H2,1-2H3,(H,41,42)(H,40,47,48). The molecule has 2 aromatic heterocycles. The maximum absolute atomic E-state index is 12.5. The van der Waals surface area contributed by atoms with Crippen molar-refractivity contribution in [3.63, 3.8) is 0 Å². The molecule has 2 unspecified atom stereocenters. The number of aromatic nitrogens is 3. The number of imide groups is 1. The first kappa shape index (κ1) is 34.0. The van der Waals surface area contributed by atoms with E-state index in [0.29, 0.717) is 47.6 Å². The second kappa shape index (κ2) is 16.0. The van der Waals surface area contributed by atoms with E-state index in [1.165, 1.54) is 12.0 Å². The van der Waals surface area contributed by atoms with Crippen LogP contribution >= 0.6 is 0 Å². The molecule has 12 nitrogen and oxygen atoms in total. The van der Waals surface area contributed by atoms with E-state index in [1.807, 2.05) is 25.1 Å². The highest BCUT2D eigenvalue weighted by Gasteiger charge is 2.29. The van der Waals surface area contributed by atoms with Gasteiger partial charge in [-0.15, -0.1) is 0 Å². The highest BCUT2D eigenvalue weighted by Crippen LogP contribution is 2.33. The Balaban J connectivity index is 0.991. The minimum atomic E-state index is -0.528. The van der Waals surface area contributed by atoms with Crippen molar-refractivity contribution in [3.05, 3.63) is 65.6 Å². The summed E-state index contributed by atoms with van der Waals surface area (Å²) in [5.74, 6) is 0.838. The van der Waals surface area contributed by atoms with Crippen LogP contribution in [0.2, 0.25) is 0 Å². The lowest BCUT2D eigenvalue weighted by Gasteiger charge is -2.41. The Morgan fingerprint density at radius 1 is 1.02 bits per heavy atom. The maximum Gasteiger partial charge on any atom is 0.235 e. The largest absolute Gasteiger partial charge is 0.368 e. The van der Waals surface area contributed by atoms with E-state index in [4.69, 9.17) is 9.51 Å². The summed E-state index contributed by atoms with van der Waals surface area (Å²) in [4.78, 5) is 48.6. The van der Waals surface area contributed by atoms with E-state index in [9.17, 15) is 14.4 Å². The van der Waals surface area contributed by atoms with Crippen LogP contribution in [0.1, 0.15) is 92.4 Å². The molecule has 4 aromatic rings. The summed E-state index contributed by atoms with van der Waals surface area (Å²) < 4.78 is 5.63. The van der Waals surface area contributed by atoms with Gasteiger partial charge in [-0.1, -0.05) is 37.6 Å². The minimum Gasteiger partial charge on any atom is -0.368 e. The Labute approximate surface area is 287 Å². The summed E-state index contributed by atoms with van der Waals surface area (Å²) in [7, 11) is 0. The van der Waals surface area contributed by atoms with Crippen LogP contribution in [-0.4, -0.2) is 72.5 Å². The predicted molar refractivity (Wildman–Crippen MR) is 191 cm³/mol. The van der Waals surface area contributed by atoms with Gasteiger partial charge in [0, 0.05) is 55.0 Å². The summed E-state index contributed by atoms with van der Waals surface area (Å²) in [5, 5.41) is 14.3. The van der Waals surface area contributed by atoms with Crippen molar-refractivity contribution < 1.29 is 18.9 Å². The van der Waals surface area contributed by atoms with Crippen molar-refractivity contribution >= 4 is 52.6 Å².